The molecule has 0 aliphatic carbocycles. The molecule has 122 valence electrons. The van der Waals surface area contributed by atoms with Crippen LogP contribution in [-0.2, 0) is 15.7 Å². The SMILES string of the molecule is Cc1c(NC(=O)C(N)C2CCOCC2)cccc1C(F)(F)F. The second-order valence-electron chi connectivity index (χ2n) is 5.44. The summed E-state index contributed by atoms with van der Waals surface area (Å²) in [5.41, 5.74) is 5.29. The zero-order valence-electron chi connectivity index (χ0n) is 12.2. The lowest BCUT2D eigenvalue weighted by molar-refractivity contribution is -0.138. The summed E-state index contributed by atoms with van der Waals surface area (Å²) in [7, 11) is 0. The third-order valence-corrected chi connectivity index (χ3v) is 3.97. The number of hydrogen-bond acceptors (Lipinski definition) is 3. The first-order chi connectivity index (χ1) is 10.3. The van der Waals surface area contributed by atoms with Gasteiger partial charge in [0.15, 0.2) is 0 Å². The third-order valence-electron chi connectivity index (χ3n) is 3.97. The molecule has 1 fully saturated rings. The molecule has 0 bridgehead atoms. The lowest BCUT2D eigenvalue weighted by Crippen LogP contribution is -2.44. The maximum atomic E-state index is 12.9. The summed E-state index contributed by atoms with van der Waals surface area (Å²) in [6.45, 7) is 2.43. The Morgan fingerprint density at radius 2 is 2.00 bits per heavy atom. The molecular weight excluding hydrogens is 297 g/mol. The van der Waals surface area contributed by atoms with Crippen LogP contribution in [0.3, 0.4) is 0 Å². The second kappa shape index (κ2) is 6.66. The van der Waals surface area contributed by atoms with Crippen LogP contribution in [-0.4, -0.2) is 25.2 Å². The monoisotopic (exact) mass is 316 g/mol. The Morgan fingerprint density at radius 3 is 2.59 bits per heavy atom. The van der Waals surface area contributed by atoms with Gasteiger partial charge in [0, 0.05) is 18.9 Å². The van der Waals surface area contributed by atoms with Crippen LogP contribution in [0.5, 0.6) is 0 Å². The van der Waals surface area contributed by atoms with Crippen molar-refractivity contribution in [3.05, 3.63) is 29.3 Å². The number of carbonyl (C=O) groups excluding carboxylic acids is 1. The van der Waals surface area contributed by atoms with E-state index >= 15 is 0 Å². The van der Waals surface area contributed by atoms with Crippen molar-refractivity contribution in [2.24, 2.45) is 11.7 Å². The fourth-order valence-corrected chi connectivity index (χ4v) is 2.58. The molecule has 0 saturated carbocycles. The van der Waals surface area contributed by atoms with Crippen molar-refractivity contribution < 1.29 is 22.7 Å². The van der Waals surface area contributed by atoms with Crippen LogP contribution in [0.25, 0.3) is 0 Å². The van der Waals surface area contributed by atoms with Gasteiger partial charge in [0.05, 0.1) is 11.6 Å². The largest absolute Gasteiger partial charge is 0.416 e. The number of nitrogens with two attached hydrogens (primary N) is 1. The molecule has 2 rings (SSSR count). The van der Waals surface area contributed by atoms with E-state index in [1.807, 2.05) is 0 Å². The van der Waals surface area contributed by atoms with Crippen LogP contribution in [0, 0.1) is 12.8 Å². The quantitative estimate of drug-likeness (QED) is 0.901. The van der Waals surface area contributed by atoms with Gasteiger partial charge in [-0.15, -0.1) is 0 Å². The van der Waals surface area contributed by atoms with Crippen molar-refractivity contribution in [3.8, 4) is 0 Å². The molecule has 0 aromatic heterocycles. The molecule has 1 aromatic carbocycles. The predicted molar refractivity (Wildman–Crippen MR) is 76.3 cm³/mol. The van der Waals surface area contributed by atoms with Crippen LogP contribution >= 0.6 is 0 Å². The Labute approximate surface area is 126 Å². The topological polar surface area (TPSA) is 64.4 Å². The minimum Gasteiger partial charge on any atom is -0.381 e. The molecule has 1 aliphatic heterocycles. The van der Waals surface area contributed by atoms with Crippen molar-refractivity contribution in [2.45, 2.75) is 32.0 Å². The predicted octanol–water partition coefficient (Wildman–Crippen LogP) is 2.71. The number of rotatable bonds is 3. The number of alkyl halides is 3. The molecule has 1 amide bonds. The summed E-state index contributed by atoms with van der Waals surface area (Å²) < 4.78 is 43.8. The Morgan fingerprint density at radius 1 is 1.36 bits per heavy atom. The minimum atomic E-state index is -4.45. The van der Waals surface area contributed by atoms with Crippen molar-refractivity contribution in [1.82, 2.24) is 0 Å². The van der Waals surface area contributed by atoms with E-state index in [-0.39, 0.29) is 17.2 Å². The Hall–Kier alpha value is -1.60. The first-order valence-corrected chi connectivity index (χ1v) is 7.11. The average molecular weight is 316 g/mol. The van der Waals surface area contributed by atoms with Gasteiger partial charge < -0.3 is 15.8 Å². The Kier molecular flexibility index (Phi) is 5.08. The van der Waals surface area contributed by atoms with Gasteiger partial charge in [0.2, 0.25) is 5.91 Å². The van der Waals surface area contributed by atoms with E-state index in [1.54, 1.807) is 0 Å². The van der Waals surface area contributed by atoms with Gasteiger partial charge in [-0.1, -0.05) is 6.07 Å². The van der Waals surface area contributed by atoms with Crippen LogP contribution in [0.4, 0.5) is 18.9 Å². The van der Waals surface area contributed by atoms with Crippen LogP contribution < -0.4 is 11.1 Å². The lowest BCUT2D eigenvalue weighted by Gasteiger charge is -2.27. The second-order valence-corrected chi connectivity index (χ2v) is 5.44. The molecule has 22 heavy (non-hydrogen) atoms. The summed E-state index contributed by atoms with van der Waals surface area (Å²) in [5, 5.41) is 2.52. The van der Waals surface area contributed by atoms with Crippen molar-refractivity contribution >= 4 is 11.6 Å². The fraction of sp³-hybridized carbons (Fsp3) is 0.533. The Bertz CT molecular complexity index is 540. The van der Waals surface area contributed by atoms with Gasteiger partial charge in [-0.05, 0) is 43.4 Å². The maximum absolute atomic E-state index is 12.9. The smallest absolute Gasteiger partial charge is 0.381 e. The summed E-state index contributed by atoms with van der Waals surface area (Å²) >= 11 is 0. The van der Waals surface area contributed by atoms with E-state index in [9.17, 15) is 18.0 Å². The van der Waals surface area contributed by atoms with E-state index in [2.05, 4.69) is 5.32 Å². The van der Waals surface area contributed by atoms with E-state index in [0.29, 0.717) is 26.1 Å². The van der Waals surface area contributed by atoms with Gasteiger partial charge in [0.25, 0.3) is 0 Å². The summed E-state index contributed by atoms with van der Waals surface area (Å²) in [6.07, 6.45) is -3.10. The molecule has 1 atom stereocenters. The van der Waals surface area contributed by atoms with Crippen LogP contribution in [0.2, 0.25) is 0 Å². The van der Waals surface area contributed by atoms with Crippen molar-refractivity contribution in [3.63, 3.8) is 0 Å². The van der Waals surface area contributed by atoms with Crippen molar-refractivity contribution in [1.29, 1.82) is 0 Å². The van der Waals surface area contributed by atoms with E-state index in [0.717, 1.165) is 6.07 Å². The van der Waals surface area contributed by atoms with E-state index < -0.39 is 23.7 Å². The third kappa shape index (κ3) is 3.78. The molecule has 3 N–H and O–H groups in total. The molecule has 7 heteroatoms. The highest BCUT2D eigenvalue weighted by Crippen LogP contribution is 2.34. The van der Waals surface area contributed by atoms with Gasteiger partial charge >= 0.3 is 6.18 Å². The highest BCUT2D eigenvalue weighted by atomic mass is 19.4. The number of ether oxygens (including phenoxy) is 1. The standard InChI is InChI=1S/C15H19F3N2O2/c1-9-11(15(16,17)18)3-2-4-12(9)20-14(21)13(19)10-5-7-22-8-6-10/h2-4,10,13H,5-8,19H2,1H3,(H,20,21). The highest BCUT2D eigenvalue weighted by Gasteiger charge is 2.33. The minimum absolute atomic E-state index is 0.0115. The normalized spacial score (nSPS) is 18.0. The summed E-state index contributed by atoms with van der Waals surface area (Å²) in [5.74, 6) is -0.478. The average Bonchev–Trinajstić information content (AvgIpc) is 2.48. The molecule has 0 spiro atoms. The molecule has 4 nitrogen and oxygen atoms in total. The number of anilines is 1. The van der Waals surface area contributed by atoms with Crippen LogP contribution in [0.15, 0.2) is 18.2 Å². The Balaban J connectivity index is 2.11. The van der Waals surface area contributed by atoms with E-state index in [1.165, 1.54) is 19.1 Å². The summed E-state index contributed by atoms with van der Waals surface area (Å²) in [6, 6.07) is 2.95. The first kappa shape index (κ1) is 16.8. The molecule has 1 aliphatic rings. The summed E-state index contributed by atoms with van der Waals surface area (Å²) in [4.78, 5) is 12.2. The number of benzene rings is 1. The number of carbonyl (C=O) groups is 1. The molecule has 1 aromatic rings. The highest BCUT2D eigenvalue weighted by molar-refractivity contribution is 5.95. The lowest BCUT2D eigenvalue weighted by atomic mass is 9.91. The zero-order chi connectivity index (χ0) is 16.3. The van der Waals surface area contributed by atoms with Gasteiger partial charge in [-0.3, -0.25) is 4.79 Å². The molecule has 1 unspecified atom stereocenters. The molecular formula is C15H19F3N2O2. The van der Waals surface area contributed by atoms with Crippen molar-refractivity contribution in [2.75, 3.05) is 18.5 Å². The molecule has 1 heterocycles. The van der Waals surface area contributed by atoms with E-state index in [4.69, 9.17) is 10.5 Å². The van der Waals surface area contributed by atoms with Crippen LogP contribution in [0.1, 0.15) is 24.0 Å². The number of nitrogens with one attached hydrogen (secondary N) is 1. The number of hydrogen-bond donors (Lipinski definition) is 2. The van der Waals surface area contributed by atoms with Gasteiger partial charge in [-0.2, -0.15) is 13.2 Å². The van der Waals surface area contributed by atoms with Gasteiger partial charge in [0.1, 0.15) is 0 Å². The molecule has 1 saturated heterocycles. The first-order valence-electron chi connectivity index (χ1n) is 7.11. The maximum Gasteiger partial charge on any atom is 0.416 e. The number of halogens is 3. The fourth-order valence-electron chi connectivity index (χ4n) is 2.58. The molecule has 0 radical (unpaired) electrons. The number of amides is 1. The zero-order valence-corrected chi connectivity index (χ0v) is 12.2. The van der Waals surface area contributed by atoms with Gasteiger partial charge in [-0.25, -0.2) is 0 Å².